The highest BCUT2D eigenvalue weighted by Gasteiger charge is 2.26. The fraction of sp³-hybridized carbons (Fsp3) is 0.333. The first kappa shape index (κ1) is 18.5. The zero-order valence-corrected chi connectivity index (χ0v) is 16.7. The zero-order valence-electron chi connectivity index (χ0n) is 16.7. The number of hydrogen-bond acceptors (Lipinski definition) is 2. The van der Waals surface area contributed by atoms with Gasteiger partial charge in [-0.15, -0.1) is 0 Å². The van der Waals surface area contributed by atoms with Gasteiger partial charge in [0.2, 0.25) is 0 Å². The summed E-state index contributed by atoms with van der Waals surface area (Å²) in [6, 6.07) is 13.6. The van der Waals surface area contributed by atoms with Crippen LogP contribution in [0.3, 0.4) is 0 Å². The molecule has 1 aromatic heterocycles. The van der Waals surface area contributed by atoms with Crippen molar-refractivity contribution in [1.29, 1.82) is 0 Å². The smallest absolute Gasteiger partial charge is 0.262 e. The van der Waals surface area contributed by atoms with Gasteiger partial charge in [0, 0.05) is 35.2 Å². The summed E-state index contributed by atoms with van der Waals surface area (Å²) in [5.74, 6) is 0.0148. The molecule has 0 radical (unpaired) electrons. The summed E-state index contributed by atoms with van der Waals surface area (Å²) in [7, 11) is 0. The monoisotopic (exact) mass is 374 g/mol. The highest BCUT2D eigenvalue weighted by molar-refractivity contribution is 6.06. The molecule has 1 amide bonds. The lowest BCUT2D eigenvalue weighted by molar-refractivity contribution is 0.0637. The van der Waals surface area contributed by atoms with Crippen molar-refractivity contribution in [2.45, 2.75) is 46.1 Å². The molecule has 1 aliphatic heterocycles. The van der Waals surface area contributed by atoms with E-state index in [4.69, 9.17) is 0 Å². The summed E-state index contributed by atoms with van der Waals surface area (Å²) in [6.07, 6.45) is 4.96. The van der Waals surface area contributed by atoms with Crippen molar-refractivity contribution in [2.24, 2.45) is 0 Å². The molecule has 1 aliphatic rings. The van der Waals surface area contributed by atoms with E-state index in [0.29, 0.717) is 10.9 Å². The molecule has 4 rings (SSSR count). The number of fused-ring (bicyclic) bond motifs is 1. The van der Waals surface area contributed by atoms with Gasteiger partial charge in [-0.05, 0) is 69.4 Å². The van der Waals surface area contributed by atoms with Crippen molar-refractivity contribution in [3.63, 3.8) is 0 Å². The van der Waals surface area contributed by atoms with Crippen molar-refractivity contribution in [2.75, 3.05) is 6.54 Å². The fourth-order valence-corrected chi connectivity index (χ4v) is 4.08. The molecular weight excluding hydrogens is 348 g/mol. The van der Waals surface area contributed by atoms with Crippen LogP contribution in [0.15, 0.2) is 53.5 Å². The number of aromatic nitrogens is 1. The molecule has 0 spiro atoms. The topological polar surface area (TPSA) is 42.3 Å². The van der Waals surface area contributed by atoms with Crippen LogP contribution in [0.4, 0.5) is 0 Å². The fourth-order valence-electron chi connectivity index (χ4n) is 4.08. The number of hydrogen-bond donors (Lipinski definition) is 0. The average Bonchev–Trinajstić information content (AvgIpc) is 2.70. The lowest BCUT2D eigenvalue weighted by atomic mass is 10.0. The van der Waals surface area contributed by atoms with Gasteiger partial charge in [-0.1, -0.05) is 24.3 Å². The number of carbonyl (C=O) groups excluding carboxylic acids is 1. The summed E-state index contributed by atoms with van der Waals surface area (Å²) in [5.41, 5.74) is 3.59. The maximum absolute atomic E-state index is 13.5. The van der Waals surface area contributed by atoms with E-state index in [9.17, 15) is 9.59 Å². The van der Waals surface area contributed by atoms with Crippen LogP contribution < -0.4 is 5.56 Å². The number of likely N-dealkylation sites (tertiary alicyclic amines) is 1. The quantitative estimate of drug-likeness (QED) is 0.657. The molecule has 2 heterocycles. The van der Waals surface area contributed by atoms with E-state index in [-0.39, 0.29) is 17.5 Å². The lowest BCUT2D eigenvalue weighted by Gasteiger charge is -2.33. The highest BCUT2D eigenvalue weighted by atomic mass is 16.2. The van der Waals surface area contributed by atoms with Crippen molar-refractivity contribution < 1.29 is 4.79 Å². The maximum atomic E-state index is 13.5. The molecule has 1 saturated heterocycles. The van der Waals surface area contributed by atoms with Crippen LogP contribution in [-0.2, 0) is 0 Å². The number of nitrogens with zero attached hydrogens (tertiary/aromatic N) is 2. The normalized spacial score (nSPS) is 17.1. The number of benzene rings is 2. The third kappa shape index (κ3) is 3.13. The van der Waals surface area contributed by atoms with Gasteiger partial charge in [0.05, 0.1) is 5.56 Å². The Kier molecular flexibility index (Phi) is 4.80. The standard InChI is InChI=1S/C24H26N2O2/c1-16-11-12-19(14-17(16)2)26-15-22(20-9-4-5-10-21(20)23(26)27)24(28)25-13-7-6-8-18(25)3/h4-5,9-12,14-15,18H,6-8,13H2,1-3H3. The van der Waals surface area contributed by atoms with E-state index in [1.165, 1.54) is 5.56 Å². The van der Waals surface area contributed by atoms with Gasteiger partial charge < -0.3 is 4.90 Å². The Labute approximate surface area is 165 Å². The van der Waals surface area contributed by atoms with Gasteiger partial charge in [-0.2, -0.15) is 0 Å². The first-order valence-corrected chi connectivity index (χ1v) is 10.0. The molecule has 28 heavy (non-hydrogen) atoms. The van der Waals surface area contributed by atoms with E-state index in [2.05, 4.69) is 13.8 Å². The molecular formula is C24H26N2O2. The third-order valence-electron chi connectivity index (χ3n) is 5.99. The number of piperidine rings is 1. The van der Waals surface area contributed by atoms with E-state index >= 15 is 0 Å². The Bertz CT molecular complexity index is 1110. The Morgan fingerprint density at radius 3 is 2.46 bits per heavy atom. The van der Waals surface area contributed by atoms with E-state index in [0.717, 1.165) is 42.4 Å². The SMILES string of the molecule is Cc1ccc(-n2cc(C(=O)N3CCCCC3C)c3ccccc3c2=O)cc1C. The zero-order chi connectivity index (χ0) is 19.8. The van der Waals surface area contributed by atoms with Crippen LogP contribution in [0, 0.1) is 13.8 Å². The molecule has 4 heteroatoms. The molecule has 1 unspecified atom stereocenters. The van der Waals surface area contributed by atoms with E-state index < -0.39 is 0 Å². The van der Waals surface area contributed by atoms with Gasteiger partial charge in [0.25, 0.3) is 11.5 Å². The van der Waals surface area contributed by atoms with Crippen LogP contribution in [0.2, 0.25) is 0 Å². The highest BCUT2D eigenvalue weighted by Crippen LogP contribution is 2.24. The van der Waals surface area contributed by atoms with E-state index in [1.54, 1.807) is 10.8 Å². The molecule has 1 atom stereocenters. The van der Waals surface area contributed by atoms with Crippen LogP contribution >= 0.6 is 0 Å². The van der Waals surface area contributed by atoms with Crippen LogP contribution in [-0.4, -0.2) is 28.0 Å². The summed E-state index contributed by atoms with van der Waals surface area (Å²) in [6.45, 7) is 6.97. The predicted molar refractivity (Wildman–Crippen MR) is 113 cm³/mol. The molecule has 4 nitrogen and oxygen atoms in total. The van der Waals surface area contributed by atoms with Crippen LogP contribution in [0.25, 0.3) is 16.5 Å². The molecule has 3 aromatic rings. The first-order valence-electron chi connectivity index (χ1n) is 10.0. The number of pyridine rings is 1. The van der Waals surface area contributed by atoms with Crippen LogP contribution in [0.5, 0.6) is 0 Å². The Morgan fingerprint density at radius 1 is 1.00 bits per heavy atom. The van der Waals surface area contributed by atoms with Gasteiger partial charge in [-0.25, -0.2) is 0 Å². The van der Waals surface area contributed by atoms with Crippen molar-refractivity contribution in [3.8, 4) is 5.69 Å². The largest absolute Gasteiger partial charge is 0.336 e. The number of aryl methyl sites for hydroxylation is 2. The van der Waals surface area contributed by atoms with Crippen molar-refractivity contribution in [3.05, 3.63) is 75.7 Å². The van der Waals surface area contributed by atoms with E-state index in [1.807, 2.05) is 54.3 Å². The second kappa shape index (κ2) is 7.27. The summed E-state index contributed by atoms with van der Waals surface area (Å²) >= 11 is 0. The predicted octanol–water partition coefficient (Wildman–Crippen LogP) is 4.62. The van der Waals surface area contributed by atoms with Gasteiger partial charge in [0.1, 0.15) is 0 Å². The summed E-state index contributed by atoms with van der Waals surface area (Å²) in [5, 5.41) is 1.31. The molecule has 2 aromatic carbocycles. The van der Waals surface area contributed by atoms with Gasteiger partial charge in [0.15, 0.2) is 0 Å². The van der Waals surface area contributed by atoms with Crippen molar-refractivity contribution in [1.82, 2.24) is 9.47 Å². The third-order valence-corrected chi connectivity index (χ3v) is 5.99. The Balaban J connectivity index is 1.93. The molecule has 0 N–H and O–H groups in total. The van der Waals surface area contributed by atoms with Crippen molar-refractivity contribution >= 4 is 16.7 Å². The minimum Gasteiger partial charge on any atom is -0.336 e. The minimum atomic E-state index is -0.0953. The average molecular weight is 374 g/mol. The second-order valence-corrected chi connectivity index (χ2v) is 7.88. The van der Waals surface area contributed by atoms with Crippen LogP contribution in [0.1, 0.15) is 47.7 Å². The molecule has 1 fully saturated rings. The maximum Gasteiger partial charge on any atom is 0.262 e. The molecule has 0 aliphatic carbocycles. The summed E-state index contributed by atoms with van der Waals surface area (Å²) in [4.78, 5) is 28.6. The Hall–Kier alpha value is -2.88. The molecule has 0 saturated carbocycles. The summed E-state index contributed by atoms with van der Waals surface area (Å²) < 4.78 is 1.62. The lowest BCUT2D eigenvalue weighted by Crippen LogP contribution is -2.42. The number of amides is 1. The first-order chi connectivity index (χ1) is 13.5. The molecule has 144 valence electrons. The minimum absolute atomic E-state index is 0.0148. The van der Waals surface area contributed by atoms with Gasteiger partial charge >= 0.3 is 0 Å². The number of carbonyl (C=O) groups is 1. The number of rotatable bonds is 2. The molecule has 0 bridgehead atoms. The van der Waals surface area contributed by atoms with Gasteiger partial charge in [-0.3, -0.25) is 14.2 Å². The second-order valence-electron chi connectivity index (χ2n) is 7.88. The Morgan fingerprint density at radius 2 is 1.75 bits per heavy atom.